The number of imidazole rings is 1. The Morgan fingerprint density at radius 3 is 2.40 bits per heavy atom. The molecule has 7 heteroatoms. The standard InChI is InChI=1S/C18H19N3O3S/c22-25(23,20-10-12-24-13-11-20)21-17-9-5-4-8-16(17)19-18(21)14-15-6-2-1-3-7-15/h1-9H,10-14H2. The van der Waals surface area contributed by atoms with Crippen molar-refractivity contribution in [3.63, 3.8) is 0 Å². The summed E-state index contributed by atoms with van der Waals surface area (Å²) >= 11 is 0. The van der Waals surface area contributed by atoms with Crippen LogP contribution < -0.4 is 0 Å². The van der Waals surface area contributed by atoms with Gasteiger partial charge >= 0.3 is 10.2 Å². The molecule has 0 spiro atoms. The van der Waals surface area contributed by atoms with Crippen molar-refractivity contribution in [2.75, 3.05) is 26.3 Å². The van der Waals surface area contributed by atoms with Crippen molar-refractivity contribution in [1.82, 2.24) is 13.3 Å². The van der Waals surface area contributed by atoms with Gasteiger partial charge in [-0.05, 0) is 17.7 Å². The summed E-state index contributed by atoms with van der Waals surface area (Å²) in [6, 6.07) is 17.1. The van der Waals surface area contributed by atoms with Crippen molar-refractivity contribution >= 4 is 21.2 Å². The van der Waals surface area contributed by atoms with Crippen LogP contribution in [0.25, 0.3) is 11.0 Å². The minimum absolute atomic E-state index is 0.361. The minimum Gasteiger partial charge on any atom is -0.379 e. The number of ether oxygens (including phenoxy) is 1. The number of morpholine rings is 1. The van der Waals surface area contributed by atoms with Gasteiger partial charge < -0.3 is 4.74 Å². The second-order valence-electron chi connectivity index (χ2n) is 5.96. The molecule has 0 unspecified atom stereocenters. The van der Waals surface area contributed by atoms with Crippen LogP contribution in [0.15, 0.2) is 54.6 Å². The Morgan fingerprint density at radius 1 is 0.960 bits per heavy atom. The number of benzene rings is 2. The molecule has 25 heavy (non-hydrogen) atoms. The molecule has 4 rings (SSSR count). The summed E-state index contributed by atoms with van der Waals surface area (Å²) < 4.78 is 34.7. The number of rotatable bonds is 4. The Labute approximate surface area is 146 Å². The molecular formula is C18H19N3O3S. The first-order valence-corrected chi connectivity index (χ1v) is 9.64. The summed E-state index contributed by atoms with van der Waals surface area (Å²) in [5.74, 6) is 0.527. The van der Waals surface area contributed by atoms with Gasteiger partial charge in [-0.2, -0.15) is 12.7 Å². The second-order valence-corrected chi connectivity index (χ2v) is 7.74. The number of fused-ring (bicyclic) bond motifs is 1. The van der Waals surface area contributed by atoms with Crippen LogP contribution in [-0.4, -0.2) is 48.0 Å². The van der Waals surface area contributed by atoms with Crippen molar-refractivity contribution in [3.8, 4) is 0 Å². The number of hydrogen-bond acceptors (Lipinski definition) is 4. The summed E-state index contributed by atoms with van der Waals surface area (Å²) in [6.07, 6.45) is 0.457. The molecular weight excluding hydrogens is 338 g/mol. The molecule has 0 N–H and O–H groups in total. The third kappa shape index (κ3) is 3.06. The maximum atomic E-state index is 13.3. The second kappa shape index (κ2) is 6.59. The van der Waals surface area contributed by atoms with Gasteiger partial charge in [0.05, 0.1) is 24.2 Å². The fraction of sp³-hybridized carbons (Fsp3) is 0.278. The normalized spacial score (nSPS) is 16.3. The minimum atomic E-state index is -3.69. The van der Waals surface area contributed by atoms with E-state index in [1.54, 1.807) is 6.07 Å². The summed E-state index contributed by atoms with van der Waals surface area (Å²) in [4.78, 5) is 4.59. The van der Waals surface area contributed by atoms with Crippen LogP contribution in [0.5, 0.6) is 0 Å². The van der Waals surface area contributed by atoms with Crippen molar-refractivity contribution in [3.05, 3.63) is 66.0 Å². The SMILES string of the molecule is O=S(=O)(N1CCOCC1)n1c(Cc2ccccc2)nc2ccccc21. The molecule has 130 valence electrons. The van der Waals surface area contributed by atoms with Crippen LogP contribution in [0.1, 0.15) is 11.4 Å². The first kappa shape index (κ1) is 16.3. The molecule has 0 atom stereocenters. The number of hydrogen-bond donors (Lipinski definition) is 0. The van der Waals surface area contributed by atoms with E-state index < -0.39 is 10.2 Å². The van der Waals surface area contributed by atoms with Crippen molar-refractivity contribution < 1.29 is 13.2 Å². The average molecular weight is 357 g/mol. The van der Waals surface area contributed by atoms with Gasteiger partial charge in [-0.25, -0.2) is 8.96 Å². The van der Waals surface area contributed by atoms with E-state index in [9.17, 15) is 8.42 Å². The molecule has 6 nitrogen and oxygen atoms in total. The lowest BCUT2D eigenvalue weighted by atomic mass is 10.1. The lowest BCUT2D eigenvalue weighted by Crippen LogP contribution is -2.43. The third-order valence-corrected chi connectivity index (χ3v) is 6.20. The fourth-order valence-electron chi connectivity index (χ4n) is 3.09. The van der Waals surface area contributed by atoms with E-state index in [2.05, 4.69) is 4.98 Å². The van der Waals surface area contributed by atoms with Gasteiger partial charge in [-0.3, -0.25) is 0 Å². The largest absolute Gasteiger partial charge is 0.379 e. The summed E-state index contributed by atoms with van der Waals surface area (Å²) in [7, 11) is -3.69. The lowest BCUT2D eigenvalue weighted by Gasteiger charge is -2.27. The molecule has 2 aromatic carbocycles. The van der Waals surface area contributed by atoms with Crippen LogP contribution in [-0.2, 0) is 21.4 Å². The van der Waals surface area contributed by atoms with E-state index in [-0.39, 0.29) is 0 Å². The molecule has 0 amide bonds. The van der Waals surface area contributed by atoms with Gasteiger partial charge in [0, 0.05) is 19.5 Å². The molecule has 1 saturated heterocycles. The highest BCUT2D eigenvalue weighted by Crippen LogP contribution is 2.23. The van der Waals surface area contributed by atoms with Gasteiger partial charge in [0.15, 0.2) is 0 Å². The van der Waals surface area contributed by atoms with Gasteiger partial charge in [-0.1, -0.05) is 42.5 Å². The Bertz CT molecular complexity index is 977. The first-order chi connectivity index (χ1) is 12.2. The molecule has 0 radical (unpaired) electrons. The quantitative estimate of drug-likeness (QED) is 0.717. The average Bonchev–Trinajstić information content (AvgIpc) is 3.02. The zero-order valence-electron chi connectivity index (χ0n) is 13.7. The maximum absolute atomic E-state index is 13.3. The van der Waals surface area contributed by atoms with E-state index in [0.717, 1.165) is 5.56 Å². The highest BCUT2D eigenvalue weighted by Gasteiger charge is 2.30. The van der Waals surface area contributed by atoms with Crippen LogP contribution >= 0.6 is 0 Å². The summed E-state index contributed by atoms with van der Waals surface area (Å²) in [5, 5.41) is 0. The highest BCUT2D eigenvalue weighted by molar-refractivity contribution is 7.87. The van der Waals surface area contributed by atoms with E-state index >= 15 is 0 Å². The zero-order valence-corrected chi connectivity index (χ0v) is 14.5. The number of nitrogens with zero attached hydrogens (tertiary/aromatic N) is 3. The van der Waals surface area contributed by atoms with Crippen LogP contribution in [0.3, 0.4) is 0 Å². The van der Waals surface area contributed by atoms with Gasteiger partial charge in [0.2, 0.25) is 0 Å². The molecule has 1 aliphatic heterocycles. The molecule has 1 aromatic heterocycles. The van der Waals surface area contributed by atoms with Gasteiger partial charge in [0.25, 0.3) is 0 Å². The molecule has 2 heterocycles. The van der Waals surface area contributed by atoms with Crippen LogP contribution in [0, 0.1) is 0 Å². The Hall–Kier alpha value is -2.22. The van der Waals surface area contributed by atoms with Crippen LogP contribution in [0.2, 0.25) is 0 Å². The molecule has 3 aromatic rings. The molecule has 1 aliphatic rings. The van der Waals surface area contributed by atoms with E-state index in [0.29, 0.717) is 49.6 Å². The number of para-hydroxylation sites is 2. The Kier molecular flexibility index (Phi) is 4.29. The van der Waals surface area contributed by atoms with E-state index in [1.165, 1.54) is 8.28 Å². The smallest absolute Gasteiger partial charge is 0.309 e. The Balaban J connectivity index is 1.84. The van der Waals surface area contributed by atoms with Crippen molar-refractivity contribution in [2.45, 2.75) is 6.42 Å². The monoisotopic (exact) mass is 357 g/mol. The highest BCUT2D eigenvalue weighted by atomic mass is 32.2. The predicted octanol–water partition coefficient (Wildman–Crippen LogP) is 2.05. The fourth-order valence-corrected chi connectivity index (χ4v) is 4.71. The third-order valence-electron chi connectivity index (χ3n) is 4.32. The van der Waals surface area contributed by atoms with Crippen LogP contribution in [0.4, 0.5) is 0 Å². The molecule has 0 saturated carbocycles. The zero-order chi connectivity index (χ0) is 17.3. The van der Waals surface area contributed by atoms with E-state index in [1.807, 2.05) is 48.5 Å². The predicted molar refractivity (Wildman–Crippen MR) is 95.7 cm³/mol. The lowest BCUT2D eigenvalue weighted by molar-refractivity contribution is 0.0726. The van der Waals surface area contributed by atoms with Gasteiger partial charge in [-0.15, -0.1) is 0 Å². The van der Waals surface area contributed by atoms with Gasteiger partial charge in [0.1, 0.15) is 5.82 Å². The molecule has 1 fully saturated rings. The first-order valence-electron chi connectivity index (χ1n) is 8.25. The maximum Gasteiger partial charge on any atom is 0.309 e. The molecule has 0 bridgehead atoms. The Morgan fingerprint density at radius 2 is 1.64 bits per heavy atom. The topological polar surface area (TPSA) is 64.4 Å². The molecule has 0 aliphatic carbocycles. The van der Waals surface area contributed by atoms with E-state index in [4.69, 9.17) is 4.74 Å². The summed E-state index contributed by atoms with van der Waals surface area (Å²) in [5.41, 5.74) is 2.32. The van der Waals surface area contributed by atoms with Crippen molar-refractivity contribution in [2.24, 2.45) is 0 Å². The number of aromatic nitrogens is 2. The summed E-state index contributed by atoms with van der Waals surface area (Å²) in [6.45, 7) is 1.55. The van der Waals surface area contributed by atoms with Crippen molar-refractivity contribution in [1.29, 1.82) is 0 Å².